The Morgan fingerprint density at radius 1 is 1.19 bits per heavy atom. The molecule has 0 aliphatic carbocycles. The number of hydrogen-bond donors (Lipinski definition) is 2. The first kappa shape index (κ1) is 15.4. The van der Waals surface area contributed by atoms with E-state index in [0.29, 0.717) is 12.2 Å². The van der Waals surface area contributed by atoms with Gasteiger partial charge in [0.25, 0.3) is 0 Å². The SMILES string of the molecule is CC(Sc1ccc(N)cc1)C(=O)NCc1ccc(F)cc1. The van der Waals surface area contributed by atoms with Crippen LogP contribution in [-0.4, -0.2) is 11.2 Å². The minimum atomic E-state index is -0.280. The van der Waals surface area contributed by atoms with Crippen LogP contribution in [0, 0.1) is 5.82 Å². The zero-order valence-electron chi connectivity index (χ0n) is 11.7. The number of benzene rings is 2. The van der Waals surface area contributed by atoms with Crippen LogP contribution in [0.5, 0.6) is 0 Å². The van der Waals surface area contributed by atoms with Gasteiger partial charge in [0, 0.05) is 17.1 Å². The number of amides is 1. The molecule has 0 aliphatic heterocycles. The highest BCUT2D eigenvalue weighted by molar-refractivity contribution is 8.00. The first-order valence-corrected chi connectivity index (χ1v) is 7.47. The molecule has 1 amide bonds. The summed E-state index contributed by atoms with van der Waals surface area (Å²) in [5.41, 5.74) is 7.20. The van der Waals surface area contributed by atoms with E-state index in [2.05, 4.69) is 5.32 Å². The van der Waals surface area contributed by atoms with Crippen molar-refractivity contribution in [3.8, 4) is 0 Å². The lowest BCUT2D eigenvalue weighted by Gasteiger charge is -2.12. The number of halogens is 1. The van der Waals surface area contributed by atoms with Crippen molar-refractivity contribution in [1.29, 1.82) is 0 Å². The predicted octanol–water partition coefficient (Wildman–Crippen LogP) is 3.20. The van der Waals surface area contributed by atoms with Gasteiger partial charge in [0.2, 0.25) is 5.91 Å². The third-order valence-corrected chi connectivity index (χ3v) is 4.05. The van der Waals surface area contributed by atoms with Gasteiger partial charge >= 0.3 is 0 Å². The standard InChI is InChI=1S/C16H17FN2OS/c1-11(21-15-8-6-14(18)7-9-15)16(20)19-10-12-2-4-13(17)5-3-12/h2-9,11H,10,18H2,1H3,(H,19,20). The van der Waals surface area contributed by atoms with Gasteiger partial charge in [-0.3, -0.25) is 4.79 Å². The molecule has 0 bridgehead atoms. The summed E-state index contributed by atoms with van der Waals surface area (Å²) in [4.78, 5) is 13.0. The molecule has 110 valence electrons. The molecule has 0 spiro atoms. The molecule has 3 N–H and O–H groups in total. The number of anilines is 1. The number of carbonyl (C=O) groups is 1. The molecule has 2 rings (SSSR count). The normalized spacial score (nSPS) is 11.9. The van der Waals surface area contributed by atoms with Gasteiger partial charge in [-0.15, -0.1) is 11.8 Å². The van der Waals surface area contributed by atoms with Gasteiger partial charge in [0.15, 0.2) is 0 Å². The number of nitrogens with one attached hydrogen (secondary N) is 1. The maximum atomic E-state index is 12.8. The van der Waals surface area contributed by atoms with E-state index in [-0.39, 0.29) is 17.0 Å². The largest absolute Gasteiger partial charge is 0.399 e. The Morgan fingerprint density at radius 2 is 1.81 bits per heavy atom. The van der Waals surface area contributed by atoms with E-state index in [1.165, 1.54) is 23.9 Å². The van der Waals surface area contributed by atoms with Gasteiger partial charge in [0.05, 0.1) is 5.25 Å². The molecule has 0 heterocycles. The van der Waals surface area contributed by atoms with Gasteiger partial charge < -0.3 is 11.1 Å². The third kappa shape index (κ3) is 4.79. The summed E-state index contributed by atoms with van der Waals surface area (Å²) < 4.78 is 12.8. The second kappa shape index (κ2) is 7.13. The van der Waals surface area contributed by atoms with Crippen molar-refractivity contribution in [3.63, 3.8) is 0 Å². The van der Waals surface area contributed by atoms with Crippen LogP contribution in [0.2, 0.25) is 0 Å². The molecule has 0 saturated carbocycles. The highest BCUT2D eigenvalue weighted by Gasteiger charge is 2.13. The summed E-state index contributed by atoms with van der Waals surface area (Å²) in [6, 6.07) is 13.5. The highest BCUT2D eigenvalue weighted by Crippen LogP contribution is 2.24. The summed E-state index contributed by atoms with van der Waals surface area (Å²) >= 11 is 1.47. The van der Waals surface area contributed by atoms with E-state index in [1.54, 1.807) is 12.1 Å². The minimum absolute atomic E-state index is 0.0545. The molecule has 3 nitrogen and oxygen atoms in total. The fourth-order valence-corrected chi connectivity index (χ4v) is 2.63. The van der Waals surface area contributed by atoms with Gasteiger partial charge in [-0.1, -0.05) is 12.1 Å². The van der Waals surface area contributed by atoms with Crippen LogP contribution in [0.15, 0.2) is 53.4 Å². The number of nitrogen functional groups attached to an aromatic ring is 1. The van der Waals surface area contributed by atoms with Crippen molar-refractivity contribution < 1.29 is 9.18 Å². The molecule has 0 saturated heterocycles. The maximum Gasteiger partial charge on any atom is 0.233 e. The van der Waals surface area contributed by atoms with Crippen LogP contribution in [0.1, 0.15) is 12.5 Å². The van der Waals surface area contributed by atoms with Crippen molar-refractivity contribution in [3.05, 3.63) is 59.9 Å². The second-order valence-electron chi connectivity index (χ2n) is 4.67. The Bertz CT molecular complexity index is 599. The summed E-state index contributed by atoms with van der Waals surface area (Å²) in [5, 5.41) is 2.63. The number of carbonyl (C=O) groups excluding carboxylic acids is 1. The molecule has 2 aromatic rings. The van der Waals surface area contributed by atoms with Crippen LogP contribution >= 0.6 is 11.8 Å². The van der Waals surface area contributed by atoms with Crippen LogP contribution in [0.25, 0.3) is 0 Å². The van der Waals surface area contributed by atoms with E-state index in [1.807, 2.05) is 31.2 Å². The number of hydrogen-bond acceptors (Lipinski definition) is 3. The van der Waals surface area contributed by atoms with Gasteiger partial charge in [0.1, 0.15) is 5.82 Å². The first-order chi connectivity index (χ1) is 10.0. The van der Waals surface area contributed by atoms with Crippen molar-refractivity contribution in [2.24, 2.45) is 0 Å². The number of nitrogens with two attached hydrogens (primary N) is 1. The summed E-state index contributed by atoms with van der Waals surface area (Å²) in [5.74, 6) is -0.335. The van der Waals surface area contributed by atoms with E-state index < -0.39 is 0 Å². The van der Waals surface area contributed by atoms with Crippen LogP contribution < -0.4 is 11.1 Å². The molecule has 1 atom stereocenters. The van der Waals surface area contributed by atoms with Crippen molar-refractivity contribution >= 4 is 23.4 Å². The second-order valence-corrected chi connectivity index (χ2v) is 6.09. The van der Waals surface area contributed by atoms with E-state index >= 15 is 0 Å². The van der Waals surface area contributed by atoms with Crippen molar-refractivity contribution in [2.45, 2.75) is 23.6 Å². The summed E-state index contributed by atoms with van der Waals surface area (Å²) in [6.07, 6.45) is 0. The Balaban J connectivity index is 1.84. The fraction of sp³-hybridized carbons (Fsp3) is 0.188. The Morgan fingerprint density at radius 3 is 2.43 bits per heavy atom. The molecule has 21 heavy (non-hydrogen) atoms. The van der Waals surface area contributed by atoms with E-state index in [0.717, 1.165) is 10.5 Å². The Kier molecular flexibility index (Phi) is 5.22. The van der Waals surface area contributed by atoms with Gasteiger partial charge in [-0.2, -0.15) is 0 Å². The summed E-state index contributed by atoms with van der Waals surface area (Å²) in [7, 11) is 0. The molecule has 0 fully saturated rings. The molecular weight excluding hydrogens is 287 g/mol. The molecule has 1 unspecified atom stereocenters. The third-order valence-electron chi connectivity index (χ3n) is 2.94. The summed E-state index contributed by atoms with van der Waals surface area (Å²) in [6.45, 7) is 2.24. The topological polar surface area (TPSA) is 55.1 Å². The quantitative estimate of drug-likeness (QED) is 0.659. The zero-order chi connectivity index (χ0) is 15.2. The molecule has 2 aromatic carbocycles. The van der Waals surface area contributed by atoms with Crippen LogP contribution in [0.4, 0.5) is 10.1 Å². The molecule has 0 aliphatic rings. The fourth-order valence-electron chi connectivity index (χ4n) is 1.74. The van der Waals surface area contributed by atoms with Crippen molar-refractivity contribution in [2.75, 3.05) is 5.73 Å². The Hall–Kier alpha value is -2.01. The highest BCUT2D eigenvalue weighted by atomic mass is 32.2. The molecule has 0 radical (unpaired) electrons. The van der Waals surface area contributed by atoms with Crippen molar-refractivity contribution in [1.82, 2.24) is 5.32 Å². The predicted molar refractivity (Wildman–Crippen MR) is 84.4 cm³/mol. The lowest BCUT2D eigenvalue weighted by atomic mass is 10.2. The van der Waals surface area contributed by atoms with Crippen LogP contribution in [-0.2, 0) is 11.3 Å². The number of rotatable bonds is 5. The van der Waals surface area contributed by atoms with Crippen LogP contribution in [0.3, 0.4) is 0 Å². The van der Waals surface area contributed by atoms with Gasteiger partial charge in [-0.25, -0.2) is 4.39 Å². The minimum Gasteiger partial charge on any atom is -0.399 e. The molecule has 5 heteroatoms. The lowest BCUT2D eigenvalue weighted by molar-refractivity contribution is -0.120. The molecule has 0 aromatic heterocycles. The zero-order valence-corrected chi connectivity index (χ0v) is 12.5. The first-order valence-electron chi connectivity index (χ1n) is 6.59. The monoisotopic (exact) mass is 304 g/mol. The average Bonchev–Trinajstić information content (AvgIpc) is 2.48. The Labute approximate surface area is 127 Å². The smallest absolute Gasteiger partial charge is 0.233 e. The van der Waals surface area contributed by atoms with Gasteiger partial charge in [-0.05, 0) is 48.9 Å². The number of thioether (sulfide) groups is 1. The van der Waals surface area contributed by atoms with E-state index in [9.17, 15) is 9.18 Å². The lowest BCUT2D eigenvalue weighted by Crippen LogP contribution is -2.30. The van der Waals surface area contributed by atoms with E-state index in [4.69, 9.17) is 5.73 Å². The molecular formula is C16H17FN2OS. The maximum absolute atomic E-state index is 12.8. The average molecular weight is 304 g/mol.